The van der Waals surface area contributed by atoms with E-state index < -0.39 is 23.1 Å². The van der Waals surface area contributed by atoms with Crippen LogP contribution < -0.4 is 0 Å². The van der Waals surface area contributed by atoms with Gasteiger partial charge in [0.1, 0.15) is 0 Å². The Kier molecular flexibility index (Phi) is 7.72. The second-order valence-corrected chi connectivity index (χ2v) is 8.27. The van der Waals surface area contributed by atoms with Crippen LogP contribution in [0.1, 0.15) is 44.7 Å². The van der Waals surface area contributed by atoms with Gasteiger partial charge in [0.15, 0.2) is 0 Å². The molecule has 1 fully saturated rings. The van der Waals surface area contributed by atoms with Crippen molar-refractivity contribution in [2.45, 2.75) is 45.2 Å². The van der Waals surface area contributed by atoms with E-state index in [0.717, 1.165) is 12.1 Å². The Morgan fingerprint density at radius 1 is 1.13 bits per heavy atom. The minimum absolute atomic E-state index is 0.189. The van der Waals surface area contributed by atoms with E-state index in [-0.39, 0.29) is 29.9 Å². The molecular formula is C22H29F3N2O4. The van der Waals surface area contributed by atoms with E-state index in [2.05, 4.69) is 0 Å². The Morgan fingerprint density at radius 3 is 2.26 bits per heavy atom. The summed E-state index contributed by atoms with van der Waals surface area (Å²) in [6.07, 6.45) is -3.51. The summed E-state index contributed by atoms with van der Waals surface area (Å²) in [5, 5.41) is 0. The van der Waals surface area contributed by atoms with Crippen LogP contribution in [0.3, 0.4) is 0 Å². The van der Waals surface area contributed by atoms with Gasteiger partial charge in [0, 0.05) is 20.1 Å². The molecule has 1 heterocycles. The molecule has 0 aromatic heterocycles. The van der Waals surface area contributed by atoms with Gasteiger partial charge in [-0.3, -0.25) is 14.4 Å². The van der Waals surface area contributed by atoms with Crippen molar-refractivity contribution in [2.24, 2.45) is 5.92 Å². The molecule has 2 rings (SSSR count). The summed E-state index contributed by atoms with van der Waals surface area (Å²) in [6, 6.07) is 4.67. The second kappa shape index (κ2) is 9.70. The van der Waals surface area contributed by atoms with Gasteiger partial charge in [0.2, 0.25) is 11.8 Å². The molecule has 172 valence electrons. The van der Waals surface area contributed by atoms with Crippen molar-refractivity contribution in [2.75, 3.05) is 33.3 Å². The first kappa shape index (κ1) is 24.7. The molecule has 0 saturated carbocycles. The van der Waals surface area contributed by atoms with Crippen LogP contribution in [-0.2, 0) is 30.7 Å². The van der Waals surface area contributed by atoms with Crippen molar-refractivity contribution in [3.8, 4) is 0 Å². The van der Waals surface area contributed by atoms with Gasteiger partial charge in [-0.15, -0.1) is 0 Å². The van der Waals surface area contributed by atoms with Crippen LogP contribution >= 0.6 is 0 Å². The number of amides is 2. The predicted molar refractivity (Wildman–Crippen MR) is 108 cm³/mol. The van der Waals surface area contributed by atoms with Crippen molar-refractivity contribution in [1.82, 2.24) is 9.80 Å². The first-order valence-corrected chi connectivity index (χ1v) is 10.3. The molecule has 0 bridgehead atoms. The number of piperidine rings is 1. The van der Waals surface area contributed by atoms with Crippen molar-refractivity contribution in [3.05, 3.63) is 35.4 Å². The van der Waals surface area contributed by atoms with E-state index in [1.165, 1.54) is 37.9 Å². The largest absolute Gasteiger partial charge is 0.466 e. The maximum absolute atomic E-state index is 13.0. The number of carbonyl (C=O) groups excluding carboxylic acids is 3. The zero-order valence-electron chi connectivity index (χ0n) is 18.3. The zero-order chi connectivity index (χ0) is 23.4. The van der Waals surface area contributed by atoms with Crippen LogP contribution in [0.2, 0.25) is 0 Å². The predicted octanol–water partition coefficient (Wildman–Crippen LogP) is 3.24. The monoisotopic (exact) mass is 442 g/mol. The summed E-state index contributed by atoms with van der Waals surface area (Å²) in [7, 11) is 1.46. The molecule has 1 aromatic carbocycles. The number of likely N-dealkylation sites (tertiary alicyclic amines) is 1. The molecule has 6 nitrogen and oxygen atoms in total. The maximum atomic E-state index is 13.0. The molecule has 0 atom stereocenters. The Hall–Kier alpha value is -2.58. The first-order valence-electron chi connectivity index (χ1n) is 10.3. The molecule has 1 aromatic rings. The molecule has 0 unspecified atom stereocenters. The van der Waals surface area contributed by atoms with Gasteiger partial charge < -0.3 is 14.5 Å². The third-order valence-corrected chi connectivity index (χ3v) is 5.63. The summed E-state index contributed by atoms with van der Waals surface area (Å²) in [6.45, 7) is 5.72. The Bertz CT molecular complexity index is 815. The van der Waals surface area contributed by atoms with Gasteiger partial charge in [-0.25, -0.2) is 0 Å². The summed E-state index contributed by atoms with van der Waals surface area (Å²) in [4.78, 5) is 40.3. The van der Waals surface area contributed by atoms with Crippen molar-refractivity contribution < 1.29 is 32.3 Å². The average molecular weight is 442 g/mol. The van der Waals surface area contributed by atoms with Crippen LogP contribution in [0.4, 0.5) is 13.2 Å². The van der Waals surface area contributed by atoms with Crippen LogP contribution in [0, 0.1) is 5.92 Å². The topological polar surface area (TPSA) is 66.9 Å². The summed E-state index contributed by atoms with van der Waals surface area (Å²) >= 11 is 0. The standard InChI is InChI=1S/C22H29F3N2O4/c1-5-31-19(29)15-9-11-27(12-10-15)18(28)14-26(4)20(30)21(2,3)16-7-6-8-17(13-16)22(23,24)25/h6-8,13,15H,5,9-12,14H2,1-4H3. The van der Waals surface area contributed by atoms with Gasteiger partial charge in [-0.2, -0.15) is 13.2 Å². The molecule has 0 spiro atoms. The third kappa shape index (κ3) is 5.98. The normalized spacial score (nSPS) is 15.5. The van der Waals surface area contributed by atoms with E-state index in [1.807, 2.05) is 0 Å². The SMILES string of the molecule is CCOC(=O)C1CCN(C(=O)CN(C)C(=O)C(C)(C)c2cccc(C(F)(F)F)c2)CC1. The van der Waals surface area contributed by atoms with Gasteiger partial charge in [0.05, 0.1) is 30.0 Å². The number of hydrogen-bond acceptors (Lipinski definition) is 4. The van der Waals surface area contributed by atoms with E-state index in [4.69, 9.17) is 4.74 Å². The fraction of sp³-hybridized carbons (Fsp3) is 0.591. The van der Waals surface area contributed by atoms with Crippen molar-refractivity contribution >= 4 is 17.8 Å². The number of esters is 1. The molecule has 9 heteroatoms. The van der Waals surface area contributed by atoms with Crippen LogP contribution in [0.5, 0.6) is 0 Å². The number of alkyl halides is 3. The summed E-state index contributed by atoms with van der Waals surface area (Å²) < 4.78 is 44.1. The number of rotatable bonds is 6. The first-order chi connectivity index (χ1) is 14.4. The highest BCUT2D eigenvalue weighted by Crippen LogP contribution is 2.33. The van der Waals surface area contributed by atoms with Crippen LogP contribution in [0.25, 0.3) is 0 Å². The Morgan fingerprint density at radius 2 is 1.71 bits per heavy atom. The lowest BCUT2D eigenvalue weighted by Crippen LogP contribution is -2.48. The molecule has 1 aliphatic heterocycles. The maximum Gasteiger partial charge on any atom is 0.416 e. The highest BCUT2D eigenvalue weighted by Gasteiger charge is 2.37. The van der Waals surface area contributed by atoms with Crippen molar-refractivity contribution in [1.29, 1.82) is 0 Å². The Labute approximate surface area is 180 Å². The summed E-state index contributed by atoms with van der Waals surface area (Å²) in [5.41, 5.74) is -1.84. The number of halogens is 3. The minimum Gasteiger partial charge on any atom is -0.466 e. The molecule has 1 saturated heterocycles. The number of carbonyl (C=O) groups is 3. The Balaban J connectivity index is 2.00. The molecular weight excluding hydrogens is 413 g/mol. The quantitative estimate of drug-likeness (QED) is 0.635. The van der Waals surface area contributed by atoms with Crippen LogP contribution in [-0.4, -0.2) is 60.9 Å². The highest BCUT2D eigenvalue weighted by molar-refractivity contribution is 5.91. The molecule has 0 radical (unpaired) electrons. The fourth-order valence-electron chi connectivity index (χ4n) is 3.68. The number of benzene rings is 1. The van der Waals surface area contributed by atoms with E-state index >= 15 is 0 Å². The third-order valence-electron chi connectivity index (χ3n) is 5.63. The van der Waals surface area contributed by atoms with E-state index in [0.29, 0.717) is 32.5 Å². The molecule has 0 aliphatic carbocycles. The second-order valence-electron chi connectivity index (χ2n) is 8.27. The number of hydrogen-bond donors (Lipinski definition) is 0. The minimum atomic E-state index is -4.51. The van der Waals surface area contributed by atoms with Gasteiger partial charge in [-0.1, -0.05) is 18.2 Å². The van der Waals surface area contributed by atoms with E-state index in [9.17, 15) is 27.6 Å². The lowest BCUT2D eigenvalue weighted by Gasteiger charge is -2.34. The number of ether oxygens (including phenoxy) is 1. The molecule has 1 aliphatic rings. The zero-order valence-corrected chi connectivity index (χ0v) is 18.3. The van der Waals surface area contributed by atoms with Crippen molar-refractivity contribution in [3.63, 3.8) is 0 Å². The molecule has 0 N–H and O–H groups in total. The highest BCUT2D eigenvalue weighted by atomic mass is 19.4. The summed E-state index contributed by atoms with van der Waals surface area (Å²) in [5.74, 6) is -1.22. The number of nitrogens with zero attached hydrogens (tertiary/aromatic N) is 2. The smallest absolute Gasteiger partial charge is 0.416 e. The lowest BCUT2D eigenvalue weighted by molar-refractivity contribution is -0.151. The van der Waals surface area contributed by atoms with Gasteiger partial charge in [-0.05, 0) is 45.2 Å². The molecule has 2 amide bonds. The van der Waals surface area contributed by atoms with E-state index in [1.54, 1.807) is 11.8 Å². The lowest BCUT2D eigenvalue weighted by atomic mass is 9.82. The average Bonchev–Trinajstić information content (AvgIpc) is 2.72. The molecule has 31 heavy (non-hydrogen) atoms. The van der Waals surface area contributed by atoms with Crippen LogP contribution in [0.15, 0.2) is 24.3 Å². The van der Waals surface area contributed by atoms with Gasteiger partial charge in [0.25, 0.3) is 0 Å². The number of likely N-dealkylation sites (N-methyl/N-ethyl adjacent to an activating group) is 1. The fourth-order valence-corrected chi connectivity index (χ4v) is 3.68. The van der Waals surface area contributed by atoms with Gasteiger partial charge >= 0.3 is 12.1 Å².